The quantitative estimate of drug-likeness (QED) is 0.182. The zero-order chi connectivity index (χ0) is 36.7. The van der Waals surface area contributed by atoms with Crippen LogP contribution in [0.25, 0.3) is 93.8 Å². The second-order valence-electron chi connectivity index (χ2n) is 15.2. The average molecular weight is 714 g/mol. The second kappa shape index (κ2) is 12.2. The number of hydrogen-bond acceptors (Lipinski definition) is 2. The lowest BCUT2D eigenvalue weighted by molar-refractivity contribution is 0.715. The maximum atomic E-state index is 5.52. The molecule has 0 saturated carbocycles. The fraction of sp³-hybridized carbons (Fsp3) is 0.0566. The third kappa shape index (κ3) is 4.64. The maximum Gasteiger partial charge on any atom is 0.160 e. The van der Waals surface area contributed by atoms with Gasteiger partial charge in [0.15, 0.2) is 5.82 Å². The summed E-state index contributed by atoms with van der Waals surface area (Å²) < 4.78 is 2.54. The first-order chi connectivity index (χ1) is 27.8. The Kier molecular flexibility index (Phi) is 6.82. The number of para-hydroxylation sites is 2. The number of hydrogen-bond donors (Lipinski definition) is 0. The highest BCUT2D eigenvalue weighted by atomic mass is 14.9. The van der Waals surface area contributed by atoms with Gasteiger partial charge < -0.3 is 4.40 Å². The van der Waals surface area contributed by atoms with E-state index in [-0.39, 0.29) is 5.92 Å². The van der Waals surface area contributed by atoms with Crippen molar-refractivity contribution in [2.75, 3.05) is 0 Å². The zero-order valence-corrected chi connectivity index (χ0v) is 30.7. The molecule has 0 spiro atoms. The van der Waals surface area contributed by atoms with Crippen molar-refractivity contribution in [3.63, 3.8) is 0 Å². The number of rotatable bonds is 4. The van der Waals surface area contributed by atoms with Crippen molar-refractivity contribution in [3.8, 4) is 44.8 Å². The van der Waals surface area contributed by atoms with E-state index in [9.17, 15) is 0 Å². The molecule has 0 radical (unpaired) electrons. The smallest absolute Gasteiger partial charge is 0.160 e. The third-order valence-electron chi connectivity index (χ3n) is 12.2. The molecule has 3 heteroatoms. The van der Waals surface area contributed by atoms with Crippen LogP contribution in [0.3, 0.4) is 0 Å². The highest BCUT2D eigenvalue weighted by molar-refractivity contribution is 6.26. The van der Waals surface area contributed by atoms with E-state index in [2.05, 4.69) is 186 Å². The van der Waals surface area contributed by atoms with Crippen molar-refractivity contribution < 1.29 is 0 Å². The lowest BCUT2D eigenvalue weighted by atomic mass is 9.83. The molecule has 3 aromatic heterocycles. The lowest BCUT2D eigenvalue weighted by Gasteiger charge is -2.22. The van der Waals surface area contributed by atoms with Gasteiger partial charge in [-0.3, -0.25) is 0 Å². The van der Waals surface area contributed by atoms with Gasteiger partial charge in [0, 0.05) is 38.4 Å². The van der Waals surface area contributed by atoms with Crippen LogP contribution >= 0.6 is 0 Å². The van der Waals surface area contributed by atoms with Gasteiger partial charge in [0.25, 0.3) is 0 Å². The number of aromatic nitrogens is 3. The molecule has 1 unspecified atom stereocenters. The highest BCUT2D eigenvalue weighted by Crippen LogP contribution is 2.51. The summed E-state index contributed by atoms with van der Waals surface area (Å²) >= 11 is 0. The van der Waals surface area contributed by atoms with E-state index in [0.29, 0.717) is 0 Å². The molecular formula is C53H35N3. The van der Waals surface area contributed by atoms with Gasteiger partial charge in [-0.2, -0.15) is 0 Å². The topological polar surface area (TPSA) is 30.2 Å². The minimum Gasteiger partial charge on any atom is -0.308 e. The monoisotopic (exact) mass is 713 g/mol. The largest absolute Gasteiger partial charge is 0.308 e. The van der Waals surface area contributed by atoms with Crippen molar-refractivity contribution in [1.82, 2.24) is 14.4 Å². The third-order valence-corrected chi connectivity index (χ3v) is 12.2. The molecule has 1 aliphatic carbocycles. The molecule has 0 N–H and O–H groups in total. The number of aryl methyl sites for hydroxylation is 1. The van der Waals surface area contributed by atoms with Gasteiger partial charge in [-0.05, 0) is 81.6 Å². The number of nitrogens with zero attached hydrogens (tertiary/aromatic N) is 3. The molecule has 11 aromatic rings. The van der Waals surface area contributed by atoms with Crippen LogP contribution in [-0.2, 0) is 6.42 Å². The molecule has 0 amide bonds. The molecule has 3 nitrogen and oxygen atoms in total. The Bertz CT molecular complexity index is 3290. The molecular weight excluding hydrogens is 679 g/mol. The van der Waals surface area contributed by atoms with Crippen LogP contribution < -0.4 is 0 Å². The molecule has 0 aliphatic heterocycles. The number of benzene rings is 8. The summed E-state index contributed by atoms with van der Waals surface area (Å²) in [6.45, 7) is 0. The summed E-state index contributed by atoms with van der Waals surface area (Å²) in [5.74, 6) is 0.822. The second-order valence-corrected chi connectivity index (χ2v) is 15.2. The first-order valence-electron chi connectivity index (χ1n) is 19.6. The Hall–Kier alpha value is -7.10. The summed E-state index contributed by atoms with van der Waals surface area (Å²) in [6.07, 6.45) is 1.91. The summed E-state index contributed by atoms with van der Waals surface area (Å²) in [4.78, 5) is 10.6. The lowest BCUT2D eigenvalue weighted by Crippen LogP contribution is -2.08. The minimum atomic E-state index is 0.0449. The van der Waals surface area contributed by atoms with Gasteiger partial charge in [-0.25, -0.2) is 9.97 Å². The predicted molar refractivity (Wildman–Crippen MR) is 233 cm³/mol. The summed E-state index contributed by atoms with van der Waals surface area (Å²) in [7, 11) is 0. The predicted octanol–water partition coefficient (Wildman–Crippen LogP) is 13.5. The maximum absolute atomic E-state index is 5.52. The van der Waals surface area contributed by atoms with Crippen molar-refractivity contribution >= 4 is 49.0 Å². The molecule has 0 fully saturated rings. The van der Waals surface area contributed by atoms with E-state index in [4.69, 9.17) is 9.97 Å². The molecule has 56 heavy (non-hydrogen) atoms. The minimum absolute atomic E-state index is 0.0449. The van der Waals surface area contributed by atoms with Gasteiger partial charge in [-0.1, -0.05) is 158 Å². The molecule has 0 saturated heterocycles. The average Bonchev–Trinajstić information content (AvgIpc) is 3.73. The molecule has 1 atom stereocenters. The van der Waals surface area contributed by atoms with Crippen LogP contribution in [0.2, 0.25) is 0 Å². The van der Waals surface area contributed by atoms with Crippen LogP contribution in [0.4, 0.5) is 0 Å². The van der Waals surface area contributed by atoms with E-state index in [1.165, 1.54) is 82.6 Å². The molecule has 8 aromatic carbocycles. The summed E-state index contributed by atoms with van der Waals surface area (Å²) in [5.41, 5.74) is 17.2. The van der Waals surface area contributed by atoms with Gasteiger partial charge in [0.2, 0.25) is 0 Å². The van der Waals surface area contributed by atoms with Gasteiger partial charge in [0.05, 0.1) is 27.8 Å². The van der Waals surface area contributed by atoms with Crippen molar-refractivity contribution in [2.45, 2.75) is 18.8 Å². The fourth-order valence-electron chi connectivity index (χ4n) is 9.64. The van der Waals surface area contributed by atoms with Crippen LogP contribution in [-0.4, -0.2) is 14.4 Å². The summed E-state index contributed by atoms with van der Waals surface area (Å²) in [5, 5.41) is 6.32. The van der Waals surface area contributed by atoms with Gasteiger partial charge >= 0.3 is 0 Å². The van der Waals surface area contributed by atoms with E-state index < -0.39 is 0 Å². The Balaban J connectivity index is 1.15. The normalized spacial score (nSPS) is 14.1. The fourth-order valence-corrected chi connectivity index (χ4v) is 9.64. The van der Waals surface area contributed by atoms with E-state index in [0.717, 1.165) is 40.8 Å². The van der Waals surface area contributed by atoms with Crippen LogP contribution in [0.1, 0.15) is 29.2 Å². The molecule has 0 bridgehead atoms. The molecule has 12 rings (SSSR count). The van der Waals surface area contributed by atoms with Crippen molar-refractivity contribution in [2.24, 2.45) is 0 Å². The first kappa shape index (κ1) is 31.3. The number of fused-ring (bicyclic) bond motifs is 11. The molecule has 262 valence electrons. The standard InChI is InChI=1S/C53H35N3/c1-3-13-33(14-4-1)34-23-25-35(26-24-34)38-28-29-40-45-32-44-39-18-8-7-15-36(39)27-30-43(49(44)50-42-20-10-12-22-47(42)56(52(45)50)48(40)31-38)51-41-19-9-11-21-46(41)54-53(55-51)37-16-5-2-6-17-37/h1-26,28-29,31-32,43H,27,30H2. The Morgan fingerprint density at radius 1 is 0.446 bits per heavy atom. The van der Waals surface area contributed by atoms with E-state index >= 15 is 0 Å². The molecule has 1 aliphatic rings. The van der Waals surface area contributed by atoms with Crippen molar-refractivity contribution in [3.05, 3.63) is 199 Å². The van der Waals surface area contributed by atoms with Crippen LogP contribution in [0, 0.1) is 0 Å². The van der Waals surface area contributed by atoms with Gasteiger partial charge in [0.1, 0.15) is 0 Å². The van der Waals surface area contributed by atoms with Crippen molar-refractivity contribution in [1.29, 1.82) is 0 Å². The Labute approximate surface area is 324 Å². The van der Waals surface area contributed by atoms with Gasteiger partial charge in [-0.15, -0.1) is 0 Å². The SMILES string of the molecule is c1ccc(-c2ccc(-c3ccc4c5cc6c(c7c8ccccc8n(c4c3)c57)C(c3nc(-c4ccccc4)nc4ccccc34)CCc3ccccc3-6)cc2)cc1. The molecule has 3 heterocycles. The Morgan fingerprint density at radius 3 is 1.91 bits per heavy atom. The van der Waals surface area contributed by atoms with E-state index in [1.807, 2.05) is 0 Å². The van der Waals surface area contributed by atoms with Crippen LogP contribution in [0.5, 0.6) is 0 Å². The first-order valence-corrected chi connectivity index (χ1v) is 19.6. The Morgan fingerprint density at radius 2 is 1.09 bits per heavy atom. The summed E-state index contributed by atoms with van der Waals surface area (Å²) in [6, 6.07) is 66.3. The highest BCUT2D eigenvalue weighted by Gasteiger charge is 2.32. The van der Waals surface area contributed by atoms with E-state index in [1.54, 1.807) is 0 Å². The zero-order valence-electron chi connectivity index (χ0n) is 30.7. The van der Waals surface area contributed by atoms with Crippen LogP contribution in [0.15, 0.2) is 182 Å².